The predicted octanol–water partition coefficient (Wildman–Crippen LogP) is 6.34. The minimum atomic E-state index is -4.38. The summed E-state index contributed by atoms with van der Waals surface area (Å²) < 4.78 is 77.3. The van der Waals surface area contributed by atoms with E-state index in [4.69, 9.17) is 0 Å². The first kappa shape index (κ1) is 25.5. The average molecular weight is 467 g/mol. The molecule has 0 heterocycles. The second kappa shape index (κ2) is 10.7. The van der Waals surface area contributed by atoms with Gasteiger partial charge in [-0.05, 0) is 36.1 Å². The van der Waals surface area contributed by atoms with Crippen LogP contribution in [0.4, 0.5) is 26.3 Å². The van der Waals surface area contributed by atoms with E-state index in [2.05, 4.69) is 10.6 Å². The molecule has 0 spiro atoms. The molecular weight excluding hydrogens is 442 g/mol. The summed E-state index contributed by atoms with van der Waals surface area (Å²) in [5.41, 5.74) is -0.256. The van der Waals surface area contributed by atoms with Gasteiger partial charge in [0.25, 0.3) is 0 Å². The lowest BCUT2D eigenvalue weighted by atomic mass is 9.90. The van der Waals surface area contributed by atoms with E-state index >= 15 is 0 Å². The third-order valence-electron chi connectivity index (χ3n) is 5.41. The van der Waals surface area contributed by atoms with Gasteiger partial charge in [0.2, 0.25) is 0 Å². The van der Waals surface area contributed by atoms with Crippen LogP contribution in [0.1, 0.15) is 47.9 Å². The highest BCUT2D eigenvalue weighted by Crippen LogP contribution is 2.30. The molecular formula is C22H25ClF6N2. The molecule has 1 aliphatic rings. The molecule has 172 valence electrons. The van der Waals surface area contributed by atoms with E-state index in [0.717, 1.165) is 49.9 Å². The quantitative estimate of drug-likeness (QED) is 0.486. The van der Waals surface area contributed by atoms with E-state index in [1.807, 2.05) is 0 Å². The molecule has 1 aliphatic carbocycles. The molecule has 9 heteroatoms. The molecule has 31 heavy (non-hydrogen) atoms. The molecule has 2 aromatic carbocycles. The van der Waals surface area contributed by atoms with Gasteiger partial charge in [-0.25, -0.2) is 0 Å². The van der Waals surface area contributed by atoms with Gasteiger partial charge >= 0.3 is 12.4 Å². The lowest BCUT2D eigenvalue weighted by molar-refractivity contribution is -0.138. The van der Waals surface area contributed by atoms with E-state index in [-0.39, 0.29) is 24.5 Å². The van der Waals surface area contributed by atoms with Crippen molar-refractivity contribution in [1.82, 2.24) is 10.6 Å². The van der Waals surface area contributed by atoms with Crippen LogP contribution in [-0.4, -0.2) is 12.1 Å². The highest BCUT2D eigenvalue weighted by Gasteiger charge is 2.31. The number of hydrogen-bond acceptors (Lipinski definition) is 2. The van der Waals surface area contributed by atoms with Crippen LogP contribution < -0.4 is 10.6 Å². The second-order valence-electron chi connectivity index (χ2n) is 7.66. The number of rotatable bonds is 6. The van der Waals surface area contributed by atoms with Crippen LogP contribution in [0.25, 0.3) is 0 Å². The van der Waals surface area contributed by atoms with Crippen molar-refractivity contribution in [3.05, 3.63) is 70.8 Å². The standard InChI is InChI=1S/C22H24F6N2.ClH/c23-21(24,25)17-7-3-5-15(11-17)13-29-19-9-1-2-10-20(19)30-14-16-6-4-8-18(12-16)22(26,27)28;/h3-8,11-12,19-20,29-30H,1-2,9-10,13-14H2;1H/t19-,20-;/m0./s1. The van der Waals surface area contributed by atoms with Crippen LogP contribution in [-0.2, 0) is 25.4 Å². The minimum absolute atomic E-state index is 0. The maximum absolute atomic E-state index is 12.9. The summed E-state index contributed by atoms with van der Waals surface area (Å²) in [5, 5.41) is 6.66. The summed E-state index contributed by atoms with van der Waals surface area (Å²) in [5.74, 6) is 0. The van der Waals surface area contributed by atoms with Gasteiger partial charge in [-0.3, -0.25) is 0 Å². The van der Waals surface area contributed by atoms with Gasteiger partial charge in [-0.2, -0.15) is 26.3 Å². The molecule has 1 saturated carbocycles. The summed E-state index contributed by atoms with van der Waals surface area (Å²) in [6, 6.07) is 10.5. The molecule has 2 N–H and O–H groups in total. The summed E-state index contributed by atoms with van der Waals surface area (Å²) in [7, 11) is 0. The van der Waals surface area contributed by atoms with Gasteiger partial charge < -0.3 is 10.6 Å². The molecule has 0 aromatic heterocycles. The zero-order chi connectivity index (χ0) is 21.8. The Balaban J connectivity index is 0.00000341. The van der Waals surface area contributed by atoms with Crippen LogP contribution in [0.15, 0.2) is 48.5 Å². The highest BCUT2D eigenvalue weighted by atomic mass is 35.5. The Bertz CT molecular complexity index is 768. The van der Waals surface area contributed by atoms with Crippen molar-refractivity contribution in [2.75, 3.05) is 0 Å². The molecule has 0 aliphatic heterocycles. The molecule has 2 nitrogen and oxygen atoms in total. The summed E-state index contributed by atoms with van der Waals surface area (Å²) in [6.45, 7) is 0.604. The first-order chi connectivity index (χ1) is 14.1. The van der Waals surface area contributed by atoms with Crippen molar-refractivity contribution in [1.29, 1.82) is 0 Å². The number of halogens is 7. The molecule has 0 bridgehead atoms. The fourth-order valence-electron chi connectivity index (χ4n) is 3.83. The number of alkyl halides is 6. The van der Waals surface area contributed by atoms with Crippen molar-refractivity contribution >= 4 is 12.4 Å². The molecule has 0 unspecified atom stereocenters. The van der Waals surface area contributed by atoms with Crippen molar-refractivity contribution in [2.24, 2.45) is 0 Å². The summed E-state index contributed by atoms with van der Waals surface area (Å²) in [6.07, 6.45) is -5.03. The van der Waals surface area contributed by atoms with Gasteiger partial charge in [-0.15, -0.1) is 12.4 Å². The topological polar surface area (TPSA) is 24.1 Å². The third kappa shape index (κ3) is 7.40. The molecule has 2 aromatic rings. The molecule has 2 atom stereocenters. The lowest BCUT2D eigenvalue weighted by Gasteiger charge is -2.33. The first-order valence-electron chi connectivity index (χ1n) is 9.92. The normalized spacial score (nSPS) is 19.7. The Morgan fingerprint density at radius 3 is 1.42 bits per heavy atom. The van der Waals surface area contributed by atoms with Crippen molar-refractivity contribution in [3.63, 3.8) is 0 Å². The molecule has 0 radical (unpaired) electrons. The van der Waals surface area contributed by atoms with Crippen LogP contribution in [0, 0.1) is 0 Å². The minimum Gasteiger partial charge on any atom is -0.308 e. The fourth-order valence-corrected chi connectivity index (χ4v) is 3.83. The van der Waals surface area contributed by atoms with Gasteiger partial charge in [0.05, 0.1) is 11.1 Å². The van der Waals surface area contributed by atoms with E-state index in [9.17, 15) is 26.3 Å². The largest absolute Gasteiger partial charge is 0.416 e. The van der Waals surface area contributed by atoms with Gasteiger partial charge in [0.1, 0.15) is 0 Å². The van der Waals surface area contributed by atoms with E-state index in [1.165, 1.54) is 12.1 Å². The zero-order valence-corrected chi connectivity index (χ0v) is 17.5. The smallest absolute Gasteiger partial charge is 0.308 e. The maximum Gasteiger partial charge on any atom is 0.416 e. The number of benzene rings is 2. The van der Waals surface area contributed by atoms with Gasteiger partial charge in [0.15, 0.2) is 0 Å². The Hall–Kier alpha value is -1.77. The first-order valence-corrected chi connectivity index (χ1v) is 9.92. The molecule has 1 fully saturated rings. The summed E-state index contributed by atoms with van der Waals surface area (Å²) in [4.78, 5) is 0. The van der Waals surface area contributed by atoms with Crippen LogP contribution >= 0.6 is 12.4 Å². The molecule has 0 amide bonds. The Morgan fingerprint density at radius 1 is 0.677 bits per heavy atom. The lowest BCUT2D eigenvalue weighted by Crippen LogP contribution is -2.49. The third-order valence-corrected chi connectivity index (χ3v) is 5.41. The Kier molecular flexibility index (Phi) is 8.80. The Morgan fingerprint density at radius 2 is 1.06 bits per heavy atom. The van der Waals surface area contributed by atoms with Crippen molar-refractivity contribution in [3.8, 4) is 0 Å². The second-order valence-corrected chi connectivity index (χ2v) is 7.66. The van der Waals surface area contributed by atoms with Crippen LogP contribution in [0.3, 0.4) is 0 Å². The summed E-state index contributed by atoms with van der Waals surface area (Å²) >= 11 is 0. The zero-order valence-electron chi connectivity index (χ0n) is 16.7. The fraction of sp³-hybridized carbons (Fsp3) is 0.455. The molecule has 3 rings (SSSR count). The predicted molar refractivity (Wildman–Crippen MR) is 110 cm³/mol. The maximum atomic E-state index is 12.9. The van der Waals surface area contributed by atoms with Crippen LogP contribution in [0.2, 0.25) is 0 Å². The van der Waals surface area contributed by atoms with E-state index < -0.39 is 23.5 Å². The average Bonchev–Trinajstić information content (AvgIpc) is 2.70. The van der Waals surface area contributed by atoms with Gasteiger partial charge in [-0.1, -0.05) is 49.2 Å². The van der Waals surface area contributed by atoms with E-state index in [1.54, 1.807) is 12.1 Å². The highest BCUT2D eigenvalue weighted by molar-refractivity contribution is 5.85. The molecule has 0 saturated heterocycles. The van der Waals surface area contributed by atoms with Crippen molar-refractivity contribution < 1.29 is 26.3 Å². The van der Waals surface area contributed by atoms with E-state index in [0.29, 0.717) is 24.2 Å². The number of hydrogen-bond donors (Lipinski definition) is 2. The number of nitrogens with one attached hydrogen (secondary N) is 2. The Labute approximate surface area is 183 Å². The van der Waals surface area contributed by atoms with Gasteiger partial charge in [0, 0.05) is 25.2 Å². The van der Waals surface area contributed by atoms with Crippen LogP contribution in [0.5, 0.6) is 0 Å². The monoisotopic (exact) mass is 466 g/mol. The SMILES string of the molecule is Cl.FC(F)(F)c1cccc(CN[C@H]2CCCC[C@@H]2NCc2cccc(C(F)(F)F)c2)c1. The van der Waals surface area contributed by atoms with Crippen molar-refractivity contribution in [2.45, 2.75) is 63.2 Å².